The standard InChI is InChI=1S/C28H22ClOP/c1-22(23-17-19-25(29)20-18-23)28(24-11-5-2-6-12-24)21-31(30,26-13-7-3-8-14-26)27-15-9-4-10-16-27/h2-21H,1H2/b28-21-. The van der Waals surface area contributed by atoms with Crippen molar-refractivity contribution in [1.82, 2.24) is 0 Å². The summed E-state index contributed by atoms with van der Waals surface area (Å²) in [6, 6.07) is 36.8. The maximum atomic E-state index is 14.7. The van der Waals surface area contributed by atoms with Gasteiger partial charge < -0.3 is 4.57 Å². The summed E-state index contributed by atoms with van der Waals surface area (Å²) in [5.74, 6) is 1.91. The van der Waals surface area contributed by atoms with Crippen LogP contribution in [0, 0.1) is 0 Å². The van der Waals surface area contributed by atoms with Gasteiger partial charge in [0.1, 0.15) is 0 Å². The normalized spacial score (nSPS) is 11.8. The van der Waals surface area contributed by atoms with E-state index in [2.05, 4.69) is 6.58 Å². The predicted octanol–water partition coefficient (Wildman–Crippen LogP) is 7.41. The summed E-state index contributed by atoms with van der Waals surface area (Å²) in [6.07, 6.45) is 0. The van der Waals surface area contributed by atoms with Crippen LogP contribution in [0.3, 0.4) is 0 Å². The van der Waals surface area contributed by atoms with Gasteiger partial charge in [0.2, 0.25) is 0 Å². The zero-order chi connectivity index (χ0) is 21.7. The maximum Gasteiger partial charge on any atom is 0.164 e. The number of hydrogen-bond donors (Lipinski definition) is 0. The van der Waals surface area contributed by atoms with Crippen molar-refractivity contribution in [3.8, 4) is 0 Å². The van der Waals surface area contributed by atoms with Crippen LogP contribution in [0.2, 0.25) is 5.02 Å². The first-order valence-corrected chi connectivity index (χ1v) is 12.2. The van der Waals surface area contributed by atoms with E-state index < -0.39 is 7.14 Å². The smallest absolute Gasteiger partial charge is 0.164 e. The first-order valence-electron chi connectivity index (χ1n) is 10.0. The Labute approximate surface area is 188 Å². The summed E-state index contributed by atoms with van der Waals surface area (Å²) in [4.78, 5) is 0. The third-order valence-corrected chi connectivity index (χ3v) is 8.20. The lowest BCUT2D eigenvalue weighted by atomic mass is 9.95. The van der Waals surface area contributed by atoms with Crippen LogP contribution >= 0.6 is 18.7 Å². The molecule has 4 rings (SSSR count). The van der Waals surface area contributed by atoms with Gasteiger partial charge in [-0.25, -0.2) is 0 Å². The Morgan fingerprint density at radius 2 is 1.10 bits per heavy atom. The predicted molar refractivity (Wildman–Crippen MR) is 135 cm³/mol. The molecular weight excluding hydrogens is 419 g/mol. The molecule has 0 spiro atoms. The minimum absolute atomic E-state index is 0.668. The SMILES string of the molecule is C=C(/C(=C/P(=O)(c1ccccc1)c1ccccc1)c1ccccc1)c1ccc(Cl)cc1. The molecule has 0 unspecified atom stereocenters. The molecule has 0 aromatic heterocycles. The molecule has 0 aliphatic carbocycles. The average molecular weight is 441 g/mol. The second-order valence-electron chi connectivity index (χ2n) is 7.22. The highest BCUT2D eigenvalue weighted by Crippen LogP contribution is 2.49. The Kier molecular flexibility index (Phi) is 6.37. The molecule has 0 aliphatic rings. The molecule has 0 bridgehead atoms. The van der Waals surface area contributed by atoms with Crippen LogP contribution in [0.15, 0.2) is 128 Å². The summed E-state index contributed by atoms with van der Waals surface area (Å²) in [5, 5.41) is 2.25. The number of benzene rings is 4. The highest BCUT2D eigenvalue weighted by atomic mass is 35.5. The van der Waals surface area contributed by atoms with Gasteiger partial charge in [-0.3, -0.25) is 0 Å². The van der Waals surface area contributed by atoms with Crippen molar-refractivity contribution in [3.05, 3.63) is 144 Å². The van der Waals surface area contributed by atoms with E-state index in [-0.39, 0.29) is 0 Å². The van der Waals surface area contributed by atoms with Crippen molar-refractivity contribution < 1.29 is 4.57 Å². The Morgan fingerprint density at radius 1 is 0.645 bits per heavy atom. The van der Waals surface area contributed by atoms with Gasteiger partial charge in [-0.1, -0.05) is 121 Å². The molecule has 0 fully saturated rings. The molecule has 0 aliphatic heterocycles. The molecule has 152 valence electrons. The maximum absolute atomic E-state index is 14.7. The molecule has 1 nitrogen and oxygen atoms in total. The van der Waals surface area contributed by atoms with Crippen molar-refractivity contribution >= 4 is 40.5 Å². The van der Waals surface area contributed by atoms with Crippen molar-refractivity contribution in [2.45, 2.75) is 0 Å². The van der Waals surface area contributed by atoms with Crippen molar-refractivity contribution in [2.24, 2.45) is 0 Å². The summed E-state index contributed by atoms with van der Waals surface area (Å²) in [5.41, 5.74) is 3.55. The quantitative estimate of drug-likeness (QED) is 0.225. The first-order chi connectivity index (χ1) is 15.1. The number of allylic oxidation sites excluding steroid dienone is 2. The molecular formula is C28H22ClOP. The molecule has 31 heavy (non-hydrogen) atoms. The highest BCUT2D eigenvalue weighted by molar-refractivity contribution is 7.81. The highest BCUT2D eigenvalue weighted by Gasteiger charge is 2.26. The van der Waals surface area contributed by atoms with Crippen LogP contribution in [0.4, 0.5) is 0 Å². The van der Waals surface area contributed by atoms with Gasteiger partial charge in [0.25, 0.3) is 0 Å². The lowest BCUT2D eigenvalue weighted by molar-refractivity contribution is 0.592. The van der Waals surface area contributed by atoms with Crippen LogP contribution in [0.5, 0.6) is 0 Å². The monoisotopic (exact) mass is 440 g/mol. The number of hydrogen-bond acceptors (Lipinski definition) is 1. The van der Waals surface area contributed by atoms with E-state index in [9.17, 15) is 4.57 Å². The van der Waals surface area contributed by atoms with Gasteiger partial charge in [0, 0.05) is 15.6 Å². The first kappa shape index (κ1) is 21.1. The summed E-state index contributed by atoms with van der Waals surface area (Å²) >= 11 is 6.09. The van der Waals surface area contributed by atoms with Gasteiger partial charge in [0.05, 0.1) is 0 Å². The molecule has 0 atom stereocenters. The Balaban J connectivity index is 1.95. The van der Waals surface area contributed by atoms with Crippen LogP contribution < -0.4 is 10.6 Å². The third kappa shape index (κ3) is 4.64. The Morgan fingerprint density at radius 3 is 1.58 bits per heavy atom. The van der Waals surface area contributed by atoms with E-state index in [0.717, 1.165) is 32.9 Å². The minimum atomic E-state index is -3.08. The van der Waals surface area contributed by atoms with Gasteiger partial charge in [-0.15, -0.1) is 0 Å². The van der Waals surface area contributed by atoms with E-state index in [0.29, 0.717) is 5.02 Å². The molecule has 3 heteroatoms. The number of halogens is 1. The fourth-order valence-electron chi connectivity index (χ4n) is 3.53. The van der Waals surface area contributed by atoms with E-state index in [1.807, 2.05) is 121 Å². The average Bonchev–Trinajstić information content (AvgIpc) is 2.84. The van der Waals surface area contributed by atoms with Crippen molar-refractivity contribution in [2.75, 3.05) is 0 Å². The van der Waals surface area contributed by atoms with E-state index in [4.69, 9.17) is 11.6 Å². The fraction of sp³-hybridized carbons (Fsp3) is 0. The van der Waals surface area contributed by atoms with E-state index in [1.54, 1.807) is 0 Å². The molecule has 0 saturated heterocycles. The van der Waals surface area contributed by atoms with Gasteiger partial charge in [-0.2, -0.15) is 0 Å². The molecule has 0 amide bonds. The zero-order valence-corrected chi connectivity index (χ0v) is 18.6. The van der Waals surface area contributed by atoms with Gasteiger partial charge >= 0.3 is 0 Å². The largest absolute Gasteiger partial charge is 0.309 e. The lowest BCUT2D eigenvalue weighted by Crippen LogP contribution is -2.14. The van der Waals surface area contributed by atoms with Crippen LogP contribution in [-0.2, 0) is 4.57 Å². The Bertz CT molecular complexity index is 1200. The summed E-state index contributed by atoms with van der Waals surface area (Å²) in [7, 11) is -3.08. The van der Waals surface area contributed by atoms with Gasteiger partial charge in [0.15, 0.2) is 7.14 Å². The summed E-state index contributed by atoms with van der Waals surface area (Å²) < 4.78 is 14.7. The molecule has 0 saturated carbocycles. The van der Waals surface area contributed by atoms with E-state index >= 15 is 0 Å². The van der Waals surface area contributed by atoms with E-state index in [1.165, 1.54) is 0 Å². The molecule has 4 aromatic rings. The zero-order valence-electron chi connectivity index (χ0n) is 17.0. The van der Waals surface area contributed by atoms with Gasteiger partial charge in [-0.05, 0) is 40.2 Å². The third-order valence-electron chi connectivity index (χ3n) is 5.19. The Hall–Kier alpha value is -3.12. The molecule has 4 aromatic carbocycles. The van der Waals surface area contributed by atoms with Crippen LogP contribution in [-0.4, -0.2) is 0 Å². The second-order valence-corrected chi connectivity index (χ2v) is 10.3. The molecule has 0 N–H and O–H groups in total. The lowest BCUT2D eigenvalue weighted by Gasteiger charge is -2.20. The van der Waals surface area contributed by atoms with Crippen molar-refractivity contribution in [3.63, 3.8) is 0 Å². The number of rotatable bonds is 6. The van der Waals surface area contributed by atoms with Crippen LogP contribution in [0.25, 0.3) is 11.1 Å². The topological polar surface area (TPSA) is 17.1 Å². The summed E-state index contributed by atoms with van der Waals surface area (Å²) in [6.45, 7) is 4.37. The second kappa shape index (κ2) is 9.35. The fourth-order valence-corrected chi connectivity index (χ4v) is 6.15. The minimum Gasteiger partial charge on any atom is -0.309 e. The molecule has 0 heterocycles. The van der Waals surface area contributed by atoms with Crippen molar-refractivity contribution in [1.29, 1.82) is 0 Å². The van der Waals surface area contributed by atoms with Crippen LogP contribution in [0.1, 0.15) is 11.1 Å². The molecule has 0 radical (unpaired) electrons.